The van der Waals surface area contributed by atoms with Gasteiger partial charge in [-0.15, -0.1) is 11.3 Å². The number of aliphatic hydroxyl groups excluding tert-OH is 1. The first kappa shape index (κ1) is 17.1. The lowest BCUT2D eigenvalue weighted by atomic mass is 10.2. The molecule has 0 aromatic carbocycles. The molecule has 2 atom stereocenters. The summed E-state index contributed by atoms with van der Waals surface area (Å²) < 4.78 is 5.78. The fourth-order valence-corrected chi connectivity index (χ4v) is 3.03. The standard InChI is InChI=1S/C14H19ClN2O4S/c1-14(2,3)21-13(20)17-6-8(9(18)7-17)16-12(19)10-4-5-11(15)22-10/h4-5,8-9,18H,6-7H2,1-3H3,(H,16,19)/t8-,9-/m0/s1. The van der Waals surface area contributed by atoms with E-state index in [1.165, 1.54) is 4.90 Å². The van der Waals surface area contributed by atoms with E-state index in [9.17, 15) is 14.7 Å². The Balaban J connectivity index is 1.94. The molecular formula is C14H19ClN2O4S. The highest BCUT2D eigenvalue weighted by atomic mass is 35.5. The molecule has 2 heterocycles. The van der Waals surface area contributed by atoms with Gasteiger partial charge in [0.05, 0.1) is 27.9 Å². The minimum atomic E-state index is -0.827. The fourth-order valence-electron chi connectivity index (χ4n) is 2.08. The average Bonchev–Trinajstić information content (AvgIpc) is 2.95. The zero-order valence-corrected chi connectivity index (χ0v) is 14.2. The van der Waals surface area contributed by atoms with Gasteiger partial charge in [-0.25, -0.2) is 4.79 Å². The largest absolute Gasteiger partial charge is 0.444 e. The van der Waals surface area contributed by atoms with Crippen LogP contribution in [0.25, 0.3) is 0 Å². The van der Waals surface area contributed by atoms with Crippen LogP contribution >= 0.6 is 22.9 Å². The molecule has 0 saturated carbocycles. The number of carbonyl (C=O) groups is 2. The lowest BCUT2D eigenvalue weighted by Crippen LogP contribution is -2.43. The van der Waals surface area contributed by atoms with Crippen LogP contribution in [-0.4, -0.2) is 52.8 Å². The maximum Gasteiger partial charge on any atom is 0.410 e. The van der Waals surface area contributed by atoms with Crippen molar-refractivity contribution < 1.29 is 19.4 Å². The summed E-state index contributed by atoms with van der Waals surface area (Å²) >= 11 is 6.96. The van der Waals surface area contributed by atoms with Crippen molar-refractivity contribution >= 4 is 34.9 Å². The van der Waals surface area contributed by atoms with Crippen LogP contribution in [0.5, 0.6) is 0 Å². The van der Waals surface area contributed by atoms with E-state index in [0.29, 0.717) is 9.21 Å². The van der Waals surface area contributed by atoms with Crippen LogP contribution in [0.15, 0.2) is 12.1 Å². The molecule has 2 rings (SSSR count). The second kappa shape index (κ2) is 6.44. The van der Waals surface area contributed by atoms with Crippen molar-refractivity contribution in [1.82, 2.24) is 10.2 Å². The number of hydrogen-bond acceptors (Lipinski definition) is 5. The Hall–Kier alpha value is -1.31. The third kappa shape index (κ3) is 4.34. The summed E-state index contributed by atoms with van der Waals surface area (Å²) in [7, 11) is 0. The van der Waals surface area contributed by atoms with E-state index in [4.69, 9.17) is 16.3 Å². The second-order valence-electron chi connectivity index (χ2n) is 6.14. The maximum atomic E-state index is 12.1. The third-order valence-corrected chi connectivity index (χ3v) is 4.28. The number of ether oxygens (including phenoxy) is 1. The third-order valence-electron chi connectivity index (χ3n) is 3.05. The number of rotatable bonds is 2. The Labute approximate surface area is 138 Å². The van der Waals surface area contributed by atoms with Gasteiger partial charge in [0, 0.05) is 6.54 Å². The zero-order chi connectivity index (χ0) is 16.5. The van der Waals surface area contributed by atoms with Crippen LogP contribution in [0, 0.1) is 0 Å². The second-order valence-corrected chi connectivity index (χ2v) is 7.85. The van der Waals surface area contributed by atoms with Crippen LogP contribution in [0.4, 0.5) is 4.79 Å². The van der Waals surface area contributed by atoms with Gasteiger partial charge in [-0.1, -0.05) is 11.6 Å². The number of nitrogens with zero attached hydrogens (tertiary/aromatic N) is 1. The number of likely N-dealkylation sites (tertiary alicyclic amines) is 1. The van der Waals surface area contributed by atoms with Gasteiger partial charge in [0.2, 0.25) is 0 Å². The van der Waals surface area contributed by atoms with Gasteiger partial charge < -0.3 is 20.1 Å². The van der Waals surface area contributed by atoms with Crippen molar-refractivity contribution in [2.24, 2.45) is 0 Å². The zero-order valence-electron chi connectivity index (χ0n) is 12.6. The smallest absolute Gasteiger partial charge is 0.410 e. The summed E-state index contributed by atoms with van der Waals surface area (Å²) in [6.45, 7) is 5.66. The quantitative estimate of drug-likeness (QED) is 0.859. The monoisotopic (exact) mass is 346 g/mol. The molecule has 1 fully saturated rings. The van der Waals surface area contributed by atoms with E-state index >= 15 is 0 Å². The molecule has 1 aliphatic rings. The van der Waals surface area contributed by atoms with Crippen LogP contribution in [0.2, 0.25) is 4.34 Å². The average molecular weight is 347 g/mol. The van der Waals surface area contributed by atoms with Gasteiger partial charge in [0.1, 0.15) is 5.60 Å². The van der Waals surface area contributed by atoms with E-state index < -0.39 is 23.8 Å². The molecule has 0 bridgehead atoms. The minimum Gasteiger partial charge on any atom is -0.444 e. The topological polar surface area (TPSA) is 78.9 Å². The number of nitrogens with one attached hydrogen (secondary N) is 1. The highest BCUT2D eigenvalue weighted by Gasteiger charge is 2.37. The number of halogens is 1. The Morgan fingerprint density at radius 1 is 1.41 bits per heavy atom. The van der Waals surface area contributed by atoms with Gasteiger partial charge in [0.15, 0.2) is 0 Å². The van der Waals surface area contributed by atoms with Gasteiger partial charge >= 0.3 is 6.09 Å². The number of aliphatic hydroxyl groups is 1. The highest BCUT2D eigenvalue weighted by Crippen LogP contribution is 2.22. The molecule has 1 saturated heterocycles. The Morgan fingerprint density at radius 3 is 2.64 bits per heavy atom. The molecule has 0 aliphatic carbocycles. The maximum absolute atomic E-state index is 12.1. The van der Waals surface area contributed by atoms with Crippen molar-refractivity contribution in [2.45, 2.75) is 38.5 Å². The van der Waals surface area contributed by atoms with Gasteiger partial charge in [-0.05, 0) is 32.9 Å². The molecule has 122 valence electrons. The number of thiophene rings is 1. The van der Waals surface area contributed by atoms with Crippen LogP contribution < -0.4 is 5.32 Å². The molecule has 0 radical (unpaired) electrons. The molecule has 2 N–H and O–H groups in total. The van der Waals surface area contributed by atoms with E-state index in [-0.39, 0.29) is 19.0 Å². The summed E-state index contributed by atoms with van der Waals surface area (Å²) in [4.78, 5) is 25.9. The lowest BCUT2D eigenvalue weighted by molar-refractivity contribution is 0.0269. The summed E-state index contributed by atoms with van der Waals surface area (Å²) in [6.07, 6.45) is -1.32. The SMILES string of the molecule is CC(C)(C)OC(=O)N1C[C@H](NC(=O)c2ccc(Cl)s2)[C@@H](O)C1. The Kier molecular flexibility index (Phi) is 4.99. The van der Waals surface area contributed by atoms with Crippen molar-refractivity contribution in [2.75, 3.05) is 13.1 Å². The van der Waals surface area contributed by atoms with Gasteiger partial charge in [0.25, 0.3) is 5.91 Å². The number of amides is 2. The molecule has 1 aromatic heterocycles. The molecule has 0 spiro atoms. The Bertz CT molecular complexity index is 569. The molecular weight excluding hydrogens is 328 g/mol. The molecule has 6 nitrogen and oxygen atoms in total. The van der Waals surface area contributed by atoms with Gasteiger partial charge in [-0.3, -0.25) is 4.79 Å². The van der Waals surface area contributed by atoms with Gasteiger partial charge in [-0.2, -0.15) is 0 Å². The van der Waals surface area contributed by atoms with E-state index in [1.807, 2.05) is 0 Å². The molecule has 8 heteroatoms. The van der Waals surface area contributed by atoms with Crippen molar-refractivity contribution in [3.8, 4) is 0 Å². The van der Waals surface area contributed by atoms with Crippen LogP contribution in [0.3, 0.4) is 0 Å². The summed E-state index contributed by atoms with van der Waals surface area (Å²) in [6, 6.07) is 2.73. The predicted octanol–water partition coefficient (Wildman–Crippen LogP) is 2.11. The summed E-state index contributed by atoms with van der Waals surface area (Å²) in [5.41, 5.74) is -0.600. The summed E-state index contributed by atoms with van der Waals surface area (Å²) in [5.74, 6) is -0.313. The molecule has 0 unspecified atom stereocenters. The molecule has 2 amide bonds. The normalized spacial score (nSPS) is 21.8. The first-order valence-electron chi connectivity index (χ1n) is 6.88. The summed E-state index contributed by atoms with van der Waals surface area (Å²) in [5, 5.41) is 12.7. The van der Waals surface area contributed by atoms with Crippen LogP contribution in [-0.2, 0) is 4.74 Å². The van der Waals surface area contributed by atoms with Crippen molar-refractivity contribution in [3.05, 3.63) is 21.3 Å². The van der Waals surface area contributed by atoms with E-state index in [1.54, 1.807) is 32.9 Å². The fraction of sp³-hybridized carbons (Fsp3) is 0.571. The first-order chi connectivity index (χ1) is 10.2. The van der Waals surface area contributed by atoms with Crippen LogP contribution in [0.1, 0.15) is 30.4 Å². The molecule has 1 aromatic rings. The Morgan fingerprint density at radius 2 is 2.09 bits per heavy atom. The number of hydrogen-bond donors (Lipinski definition) is 2. The van der Waals surface area contributed by atoms with Crippen molar-refractivity contribution in [1.29, 1.82) is 0 Å². The predicted molar refractivity (Wildman–Crippen MR) is 84.4 cm³/mol. The highest BCUT2D eigenvalue weighted by molar-refractivity contribution is 7.17. The molecule has 1 aliphatic heterocycles. The van der Waals surface area contributed by atoms with Crippen molar-refractivity contribution in [3.63, 3.8) is 0 Å². The number of carbonyl (C=O) groups excluding carboxylic acids is 2. The first-order valence-corrected chi connectivity index (χ1v) is 8.07. The minimum absolute atomic E-state index is 0.130. The number of β-amino-alcohol motifs (C(OH)–C–C–N with tert-alkyl or cyclic N) is 1. The van der Waals surface area contributed by atoms with E-state index in [0.717, 1.165) is 11.3 Å². The van der Waals surface area contributed by atoms with E-state index in [2.05, 4.69) is 5.32 Å². The lowest BCUT2D eigenvalue weighted by Gasteiger charge is -2.24. The molecule has 22 heavy (non-hydrogen) atoms.